The number of hydrogen-bond acceptors (Lipinski definition) is 1. The molecule has 0 saturated heterocycles. The van der Waals surface area contributed by atoms with Gasteiger partial charge in [0.25, 0.3) is 8.32 Å². The summed E-state index contributed by atoms with van der Waals surface area (Å²) in [6.45, 7) is 11.4. The molecule has 0 aliphatic carbocycles. The van der Waals surface area contributed by atoms with Crippen LogP contribution in [0.4, 0.5) is 0 Å². The Hall–Kier alpha value is -1.38. The van der Waals surface area contributed by atoms with Crippen LogP contribution in [0.3, 0.4) is 0 Å². The maximum atomic E-state index is 6.90. The van der Waals surface area contributed by atoms with E-state index >= 15 is 0 Å². The highest BCUT2D eigenvalue weighted by atomic mass is 28.4. The van der Waals surface area contributed by atoms with Crippen LogP contribution in [0, 0.1) is 0 Å². The minimum absolute atomic E-state index is 0.0955. The lowest BCUT2D eigenvalue weighted by Crippen LogP contribution is -2.64. The predicted molar refractivity (Wildman–Crippen MR) is 91.7 cm³/mol. The Balaban J connectivity index is 2.35. The van der Waals surface area contributed by atoms with Crippen molar-refractivity contribution < 1.29 is 4.43 Å². The van der Waals surface area contributed by atoms with E-state index < -0.39 is 8.32 Å². The van der Waals surface area contributed by atoms with E-state index in [1.807, 2.05) is 0 Å². The monoisotopic (exact) mass is 296 g/mol. The largest absolute Gasteiger partial charge is 0.398 e. The zero-order valence-electron chi connectivity index (χ0n) is 13.6. The van der Waals surface area contributed by atoms with Gasteiger partial charge in [0.2, 0.25) is 0 Å². The lowest BCUT2D eigenvalue weighted by atomic mass is 9.99. The minimum atomic E-state index is -2.27. The molecular weight excluding hydrogens is 272 g/mol. The molecule has 0 amide bonds. The van der Waals surface area contributed by atoms with Crippen molar-refractivity contribution in [2.45, 2.75) is 45.3 Å². The van der Waals surface area contributed by atoms with Crippen molar-refractivity contribution in [3.8, 4) is 0 Å². The Morgan fingerprint density at radius 1 is 0.857 bits per heavy atom. The zero-order chi connectivity index (χ0) is 15.3. The Morgan fingerprint density at radius 2 is 1.43 bits per heavy atom. The Bertz CT molecular complexity index is 655. The fraction of sp³-hybridized carbons (Fsp3) is 0.368. The van der Waals surface area contributed by atoms with Crippen LogP contribution in [0.15, 0.2) is 54.6 Å². The number of hydrogen-bond donors (Lipinski definition) is 0. The molecule has 2 aromatic carbocycles. The average molecular weight is 296 g/mol. The molecule has 0 fully saturated rings. The normalized spacial score (nSPS) is 23.9. The van der Waals surface area contributed by atoms with E-state index in [-0.39, 0.29) is 10.6 Å². The lowest BCUT2D eigenvalue weighted by molar-refractivity contribution is 0.110. The molecule has 0 bridgehead atoms. The fourth-order valence-electron chi connectivity index (χ4n) is 3.69. The summed E-state index contributed by atoms with van der Waals surface area (Å²) >= 11 is 0. The van der Waals surface area contributed by atoms with Gasteiger partial charge in [-0.05, 0) is 34.8 Å². The molecule has 1 atom stereocenters. The quantitative estimate of drug-likeness (QED) is 0.727. The first kappa shape index (κ1) is 14.5. The third-order valence-electron chi connectivity index (χ3n) is 4.60. The van der Waals surface area contributed by atoms with Crippen LogP contribution in [0.5, 0.6) is 0 Å². The second-order valence-corrected chi connectivity index (χ2v) is 11.6. The maximum Gasteiger partial charge on any atom is 0.262 e. The van der Waals surface area contributed by atoms with Gasteiger partial charge in [0.1, 0.15) is 0 Å². The van der Waals surface area contributed by atoms with Crippen molar-refractivity contribution in [1.82, 2.24) is 0 Å². The summed E-state index contributed by atoms with van der Waals surface area (Å²) in [4.78, 5) is 0. The van der Waals surface area contributed by atoms with Crippen LogP contribution in [0.1, 0.15) is 40.2 Å². The first-order chi connectivity index (χ1) is 9.79. The molecule has 0 N–H and O–H groups in total. The lowest BCUT2D eigenvalue weighted by Gasteiger charge is -2.41. The molecule has 1 nitrogen and oxygen atoms in total. The van der Waals surface area contributed by atoms with Gasteiger partial charge < -0.3 is 4.43 Å². The summed E-state index contributed by atoms with van der Waals surface area (Å²) in [5.74, 6) is 0. The van der Waals surface area contributed by atoms with E-state index in [4.69, 9.17) is 4.43 Å². The van der Waals surface area contributed by atoms with Crippen molar-refractivity contribution in [2.24, 2.45) is 0 Å². The molecule has 0 radical (unpaired) electrons. The summed E-state index contributed by atoms with van der Waals surface area (Å²) in [6, 6.07) is 19.6. The Morgan fingerprint density at radius 3 is 2.05 bits per heavy atom. The highest BCUT2D eigenvalue weighted by Crippen LogP contribution is 2.46. The molecule has 1 aliphatic heterocycles. The zero-order valence-corrected chi connectivity index (χ0v) is 14.6. The number of rotatable bonds is 1. The van der Waals surface area contributed by atoms with Gasteiger partial charge >= 0.3 is 0 Å². The third kappa shape index (κ3) is 2.01. The molecule has 0 aromatic heterocycles. The molecule has 2 aromatic rings. The molecule has 1 heterocycles. The van der Waals surface area contributed by atoms with Crippen LogP contribution in [0.25, 0.3) is 0 Å². The van der Waals surface area contributed by atoms with Crippen LogP contribution in [0.2, 0.25) is 5.04 Å². The Labute approximate surface area is 129 Å². The van der Waals surface area contributed by atoms with Crippen LogP contribution in [-0.4, -0.2) is 8.32 Å². The standard InChI is InChI=1S/C19H24OSi/c1-18(2,3)21(15-11-7-6-8-12-15)17-14-10-9-13-16(17)19(4,5)20-21/h6-14H,1-5H3. The van der Waals surface area contributed by atoms with Crippen molar-refractivity contribution in [3.63, 3.8) is 0 Å². The van der Waals surface area contributed by atoms with Gasteiger partial charge in [-0.3, -0.25) is 0 Å². The van der Waals surface area contributed by atoms with E-state index in [0.717, 1.165) is 0 Å². The smallest absolute Gasteiger partial charge is 0.262 e. The summed E-state index contributed by atoms with van der Waals surface area (Å²) in [5, 5.41) is 2.90. The average Bonchev–Trinajstić information content (AvgIpc) is 2.69. The van der Waals surface area contributed by atoms with Gasteiger partial charge in [-0.25, -0.2) is 0 Å². The van der Waals surface area contributed by atoms with Gasteiger partial charge in [-0.15, -0.1) is 0 Å². The summed E-state index contributed by atoms with van der Waals surface area (Å²) < 4.78 is 6.90. The molecule has 21 heavy (non-hydrogen) atoms. The molecule has 2 heteroatoms. The Kier molecular flexibility index (Phi) is 3.16. The molecule has 1 aliphatic rings. The fourth-order valence-corrected chi connectivity index (χ4v) is 8.84. The third-order valence-corrected chi connectivity index (χ3v) is 9.87. The van der Waals surface area contributed by atoms with Crippen LogP contribution < -0.4 is 10.4 Å². The van der Waals surface area contributed by atoms with Crippen molar-refractivity contribution in [2.75, 3.05) is 0 Å². The highest BCUT2D eigenvalue weighted by molar-refractivity contribution is 7.00. The summed E-state index contributed by atoms with van der Waals surface area (Å²) in [5.41, 5.74) is 1.14. The molecular formula is C19H24OSi. The van der Waals surface area contributed by atoms with Gasteiger partial charge in [0.15, 0.2) is 0 Å². The first-order valence-electron chi connectivity index (χ1n) is 7.65. The first-order valence-corrected chi connectivity index (χ1v) is 9.55. The molecule has 110 valence electrons. The number of benzene rings is 2. The molecule has 3 rings (SSSR count). The molecule has 0 spiro atoms. The second-order valence-electron chi connectivity index (χ2n) is 7.46. The predicted octanol–water partition coefficient (Wildman–Crippen LogP) is 3.81. The van der Waals surface area contributed by atoms with Crippen molar-refractivity contribution in [3.05, 3.63) is 60.2 Å². The van der Waals surface area contributed by atoms with Crippen LogP contribution >= 0.6 is 0 Å². The van der Waals surface area contributed by atoms with Gasteiger partial charge in [0.05, 0.1) is 5.60 Å². The van der Waals surface area contributed by atoms with E-state index in [9.17, 15) is 0 Å². The highest BCUT2D eigenvalue weighted by Gasteiger charge is 2.58. The second kappa shape index (κ2) is 4.55. The topological polar surface area (TPSA) is 9.23 Å². The van der Waals surface area contributed by atoms with Crippen molar-refractivity contribution in [1.29, 1.82) is 0 Å². The van der Waals surface area contributed by atoms with E-state index in [2.05, 4.69) is 89.2 Å². The van der Waals surface area contributed by atoms with E-state index in [0.29, 0.717) is 0 Å². The maximum absolute atomic E-state index is 6.90. The van der Waals surface area contributed by atoms with Gasteiger partial charge in [0, 0.05) is 0 Å². The van der Waals surface area contributed by atoms with E-state index in [1.54, 1.807) is 0 Å². The van der Waals surface area contributed by atoms with Gasteiger partial charge in [-0.2, -0.15) is 0 Å². The SMILES string of the molecule is CC1(C)O[Si](c2ccccc2)(C(C)(C)C)c2ccccc21. The summed E-state index contributed by atoms with van der Waals surface area (Å²) in [6.07, 6.45) is 0. The van der Waals surface area contributed by atoms with E-state index in [1.165, 1.54) is 15.9 Å². The number of fused-ring (bicyclic) bond motifs is 1. The molecule has 1 unspecified atom stereocenters. The minimum Gasteiger partial charge on any atom is -0.398 e. The van der Waals surface area contributed by atoms with Crippen molar-refractivity contribution >= 4 is 18.7 Å². The van der Waals surface area contributed by atoms with Crippen LogP contribution in [-0.2, 0) is 10.0 Å². The summed E-state index contributed by atoms with van der Waals surface area (Å²) in [7, 11) is -2.27. The van der Waals surface area contributed by atoms with Gasteiger partial charge in [-0.1, -0.05) is 75.4 Å². The molecule has 0 saturated carbocycles.